The van der Waals surface area contributed by atoms with Gasteiger partial charge in [0, 0.05) is 28.0 Å². The number of benzene rings is 3. The van der Waals surface area contributed by atoms with Gasteiger partial charge in [0.15, 0.2) is 0 Å². The van der Waals surface area contributed by atoms with Gasteiger partial charge >= 0.3 is 5.97 Å². The fraction of sp³-hybridized carbons (Fsp3) is 0.0385. The highest BCUT2D eigenvalue weighted by Gasteiger charge is 2.24. The molecule has 4 aromatic rings. The SMILES string of the molecule is NS(=O)(=O)c1ccccc1C1=NCc2cnc(Nc3ccc(C(=O)O)cc3)cc2-c2ccc(Cl)cc21. The molecule has 0 bridgehead atoms. The number of nitrogens with two attached hydrogens (primary N) is 1. The highest BCUT2D eigenvalue weighted by molar-refractivity contribution is 7.89. The van der Waals surface area contributed by atoms with Gasteiger partial charge in [0.2, 0.25) is 10.0 Å². The molecule has 1 aliphatic rings. The number of anilines is 2. The minimum Gasteiger partial charge on any atom is -0.478 e. The second kappa shape index (κ2) is 9.19. The third kappa shape index (κ3) is 4.59. The predicted octanol–water partition coefficient (Wildman–Crippen LogP) is 4.84. The number of carbonyl (C=O) groups is 1. The Hall–Kier alpha value is -4.05. The van der Waals surface area contributed by atoms with E-state index >= 15 is 0 Å². The lowest BCUT2D eigenvalue weighted by molar-refractivity contribution is 0.0697. The Labute approximate surface area is 212 Å². The zero-order valence-corrected chi connectivity index (χ0v) is 20.2. The van der Waals surface area contributed by atoms with Crippen molar-refractivity contribution in [3.8, 4) is 11.1 Å². The summed E-state index contributed by atoms with van der Waals surface area (Å²) in [6.45, 7) is 0.260. The number of hydrogen-bond acceptors (Lipinski definition) is 6. The number of sulfonamides is 1. The van der Waals surface area contributed by atoms with Crippen LogP contribution in [0.3, 0.4) is 0 Å². The Balaban J connectivity index is 1.61. The van der Waals surface area contributed by atoms with Crippen LogP contribution in [-0.4, -0.2) is 30.2 Å². The van der Waals surface area contributed by atoms with E-state index < -0.39 is 16.0 Å². The molecule has 0 aliphatic carbocycles. The number of nitrogens with one attached hydrogen (secondary N) is 1. The van der Waals surface area contributed by atoms with Crippen molar-refractivity contribution in [2.75, 3.05) is 5.32 Å². The van der Waals surface area contributed by atoms with E-state index in [9.17, 15) is 13.2 Å². The van der Waals surface area contributed by atoms with E-state index in [2.05, 4.69) is 10.3 Å². The van der Waals surface area contributed by atoms with Gasteiger partial charge in [-0.3, -0.25) is 4.99 Å². The smallest absolute Gasteiger partial charge is 0.335 e. The Kier molecular flexibility index (Phi) is 6.05. The topological polar surface area (TPSA) is 135 Å². The summed E-state index contributed by atoms with van der Waals surface area (Å²) < 4.78 is 24.6. The number of aromatic nitrogens is 1. The molecule has 5 rings (SSSR count). The second-order valence-corrected chi connectivity index (χ2v) is 10.1. The van der Waals surface area contributed by atoms with Crippen LogP contribution in [0.1, 0.15) is 27.0 Å². The number of nitrogens with zero attached hydrogens (tertiary/aromatic N) is 2. The molecule has 10 heteroatoms. The lowest BCUT2D eigenvalue weighted by Crippen LogP contribution is -2.17. The Morgan fingerprint density at radius 1 is 0.944 bits per heavy atom. The first-order chi connectivity index (χ1) is 17.2. The molecule has 0 unspecified atom stereocenters. The molecule has 1 aliphatic heterocycles. The van der Waals surface area contributed by atoms with Crippen LogP contribution in [0.2, 0.25) is 5.02 Å². The van der Waals surface area contributed by atoms with Gasteiger partial charge < -0.3 is 10.4 Å². The second-order valence-electron chi connectivity index (χ2n) is 8.13. The number of halogens is 1. The number of carboxylic acid groups (broad SMARTS) is 1. The Bertz CT molecular complexity index is 1650. The number of pyridine rings is 1. The molecule has 0 saturated carbocycles. The first-order valence-corrected chi connectivity index (χ1v) is 12.7. The van der Waals surface area contributed by atoms with E-state index in [1.807, 2.05) is 12.1 Å². The molecule has 0 amide bonds. The first kappa shape index (κ1) is 23.7. The van der Waals surface area contributed by atoms with Gasteiger partial charge in [-0.25, -0.2) is 23.3 Å². The molecule has 0 spiro atoms. The highest BCUT2D eigenvalue weighted by atomic mass is 35.5. The van der Waals surface area contributed by atoms with Crippen molar-refractivity contribution in [1.82, 2.24) is 4.98 Å². The van der Waals surface area contributed by atoms with Gasteiger partial charge in [-0.1, -0.05) is 35.9 Å². The number of fused-ring (bicyclic) bond motifs is 3. The molecule has 0 radical (unpaired) electrons. The number of rotatable bonds is 5. The summed E-state index contributed by atoms with van der Waals surface area (Å²) in [5.41, 5.74) is 4.89. The van der Waals surface area contributed by atoms with E-state index in [-0.39, 0.29) is 17.0 Å². The third-order valence-corrected chi connectivity index (χ3v) is 6.98. The predicted molar refractivity (Wildman–Crippen MR) is 139 cm³/mol. The van der Waals surface area contributed by atoms with Crippen molar-refractivity contribution in [1.29, 1.82) is 0 Å². The van der Waals surface area contributed by atoms with Crippen LogP contribution in [0.4, 0.5) is 11.5 Å². The number of primary sulfonamides is 1. The number of carboxylic acids is 1. The molecule has 2 heterocycles. The molecular formula is C26H19ClN4O4S. The minimum atomic E-state index is -4.00. The molecule has 0 saturated heterocycles. The highest BCUT2D eigenvalue weighted by Crippen LogP contribution is 2.36. The summed E-state index contributed by atoms with van der Waals surface area (Å²) in [6.07, 6.45) is 1.71. The maximum atomic E-state index is 12.3. The minimum absolute atomic E-state index is 0.0223. The van der Waals surface area contributed by atoms with E-state index in [1.165, 1.54) is 18.2 Å². The zero-order chi connectivity index (χ0) is 25.4. The van der Waals surface area contributed by atoms with Gasteiger partial charge in [-0.2, -0.15) is 0 Å². The summed E-state index contributed by atoms with van der Waals surface area (Å²) in [5, 5.41) is 18.3. The van der Waals surface area contributed by atoms with Gasteiger partial charge in [-0.05, 0) is 65.2 Å². The van der Waals surface area contributed by atoms with Gasteiger partial charge in [-0.15, -0.1) is 0 Å². The van der Waals surface area contributed by atoms with Crippen molar-refractivity contribution in [2.24, 2.45) is 10.1 Å². The maximum Gasteiger partial charge on any atom is 0.335 e. The van der Waals surface area contributed by atoms with Crippen molar-refractivity contribution in [3.05, 3.63) is 106 Å². The first-order valence-electron chi connectivity index (χ1n) is 10.8. The molecule has 36 heavy (non-hydrogen) atoms. The summed E-state index contributed by atoms with van der Waals surface area (Å²) >= 11 is 6.35. The van der Waals surface area contributed by atoms with Crippen LogP contribution in [0.5, 0.6) is 0 Å². The standard InChI is InChI=1S/C26H19ClN4O4S/c27-17-7-10-19-21-12-24(31-18-8-5-15(6-9-18)26(32)33)29-13-16(21)14-30-25(22(19)11-17)20-3-1-2-4-23(20)36(28,34)35/h1-13H,14H2,(H,29,31)(H,32,33)(H2,28,34,35). The van der Waals surface area contributed by atoms with E-state index in [4.69, 9.17) is 26.8 Å². The number of aromatic carboxylic acids is 1. The fourth-order valence-electron chi connectivity index (χ4n) is 4.11. The normalized spacial score (nSPS) is 12.7. The average Bonchev–Trinajstić information content (AvgIpc) is 3.00. The summed E-state index contributed by atoms with van der Waals surface area (Å²) in [5.74, 6) is -0.453. The lowest BCUT2D eigenvalue weighted by Gasteiger charge is -2.15. The van der Waals surface area contributed by atoms with Gasteiger partial charge in [0.1, 0.15) is 5.82 Å². The van der Waals surface area contributed by atoms with Crippen LogP contribution in [-0.2, 0) is 16.6 Å². The van der Waals surface area contributed by atoms with Crippen molar-refractivity contribution < 1.29 is 18.3 Å². The summed E-state index contributed by atoms with van der Waals surface area (Å²) in [4.78, 5) is 20.3. The van der Waals surface area contributed by atoms with Crippen LogP contribution in [0, 0.1) is 0 Å². The van der Waals surface area contributed by atoms with Crippen molar-refractivity contribution in [2.45, 2.75) is 11.4 Å². The largest absolute Gasteiger partial charge is 0.478 e. The molecule has 0 atom stereocenters. The molecule has 1 aromatic heterocycles. The maximum absolute atomic E-state index is 12.3. The Morgan fingerprint density at radius 3 is 2.42 bits per heavy atom. The third-order valence-electron chi connectivity index (χ3n) is 5.77. The van der Waals surface area contributed by atoms with Crippen molar-refractivity contribution >= 4 is 44.8 Å². The molecule has 8 nitrogen and oxygen atoms in total. The van der Waals surface area contributed by atoms with Crippen LogP contribution in [0.25, 0.3) is 11.1 Å². The lowest BCUT2D eigenvalue weighted by atomic mass is 9.93. The summed E-state index contributed by atoms with van der Waals surface area (Å²) in [6, 6.07) is 20.1. The van der Waals surface area contributed by atoms with E-state index in [1.54, 1.807) is 48.7 Å². The van der Waals surface area contributed by atoms with Gasteiger partial charge in [0.05, 0.1) is 22.7 Å². The van der Waals surface area contributed by atoms with Crippen LogP contribution >= 0.6 is 11.6 Å². The fourth-order valence-corrected chi connectivity index (χ4v) is 5.02. The molecule has 0 fully saturated rings. The number of aliphatic imine (C=N–C) groups is 1. The van der Waals surface area contributed by atoms with Gasteiger partial charge in [0.25, 0.3) is 0 Å². The molecular weight excluding hydrogens is 500 g/mol. The van der Waals surface area contributed by atoms with Crippen molar-refractivity contribution in [3.63, 3.8) is 0 Å². The molecule has 180 valence electrons. The zero-order valence-electron chi connectivity index (χ0n) is 18.6. The quantitative estimate of drug-likeness (QED) is 0.346. The Morgan fingerprint density at radius 2 is 1.69 bits per heavy atom. The van der Waals surface area contributed by atoms with E-state index in [0.717, 1.165) is 16.7 Å². The van der Waals surface area contributed by atoms with Crippen LogP contribution in [0.15, 0.2) is 88.9 Å². The average molecular weight is 519 g/mol. The monoisotopic (exact) mass is 518 g/mol. The molecule has 4 N–H and O–H groups in total. The summed E-state index contributed by atoms with van der Waals surface area (Å²) in [7, 11) is -4.00. The molecule has 3 aromatic carbocycles. The van der Waals surface area contributed by atoms with E-state index in [0.29, 0.717) is 33.4 Å². The van der Waals surface area contributed by atoms with Crippen LogP contribution < -0.4 is 10.5 Å². The number of hydrogen-bond donors (Lipinski definition) is 3.